The third-order valence-electron chi connectivity index (χ3n) is 4.65. The SMILES string of the molecule is COc1ccc(C(=O)Oc2ccc(C=NNC(=O)Cc3ccc([N+](=O)[O-])cc3[N+](=O)[O-])cc2)cc1. The minimum atomic E-state index is -0.790. The molecule has 0 spiro atoms. The fraction of sp³-hybridized carbons (Fsp3) is 0.0870. The number of esters is 1. The lowest BCUT2D eigenvalue weighted by atomic mass is 10.1. The quantitative estimate of drug-likeness (QED) is 0.161. The molecule has 35 heavy (non-hydrogen) atoms. The minimum absolute atomic E-state index is 0.0105. The summed E-state index contributed by atoms with van der Waals surface area (Å²) in [6.45, 7) is 0. The molecule has 0 fully saturated rings. The van der Waals surface area contributed by atoms with E-state index in [4.69, 9.17) is 9.47 Å². The number of rotatable bonds is 9. The second-order valence-corrected chi connectivity index (χ2v) is 6.98. The van der Waals surface area contributed by atoms with Gasteiger partial charge in [0.25, 0.3) is 11.4 Å². The van der Waals surface area contributed by atoms with Crippen molar-refractivity contribution in [1.82, 2.24) is 5.43 Å². The summed E-state index contributed by atoms with van der Waals surface area (Å²) < 4.78 is 10.3. The summed E-state index contributed by atoms with van der Waals surface area (Å²) in [5.74, 6) is -0.273. The topological polar surface area (TPSA) is 163 Å². The number of carbonyl (C=O) groups excluding carboxylic acids is 2. The molecular formula is C23H18N4O8. The van der Waals surface area contributed by atoms with Crippen molar-refractivity contribution in [3.05, 3.63) is 104 Å². The molecule has 3 aromatic rings. The van der Waals surface area contributed by atoms with Crippen LogP contribution in [0.5, 0.6) is 11.5 Å². The Hall–Kier alpha value is -5.13. The average molecular weight is 478 g/mol. The van der Waals surface area contributed by atoms with E-state index in [0.29, 0.717) is 22.6 Å². The van der Waals surface area contributed by atoms with Crippen molar-refractivity contribution in [3.8, 4) is 11.5 Å². The van der Waals surface area contributed by atoms with Crippen LogP contribution in [0.4, 0.5) is 11.4 Å². The van der Waals surface area contributed by atoms with E-state index in [-0.39, 0.29) is 5.56 Å². The lowest BCUT2D eigenvalue weighted by Gasteiger charge is -2.05. The number of non-ortho nitro benzene ring substituents is 1. The third-order valence-corrected chi connectivity index (χ3v) is 4.65. The average Bonchev–Trinajstić information content (AvgIpc) is 2.85. The van der Waals surface area contributed by atoms with Gasteiger partial charge in [0.05, 0.1) is 41.2 Å². The summed E-state index contributed by atoms with van der Waals surface area (Å²) in [7, 11) is 1.52. The summed E-state index contributed by atoms with van der Waals surface area (Å²) in [6, 6.07) is 15.8. The molecule has 0 aliphatic rings. The summed E-state index contributed by atoms with van der Waals surface area (Å²) in [6.07, 6.45) is 0.934. The molecule has 0 aliphatic carbocycles. The maximum Gasteiger partial charge on any atom is 0.343 e. The van der Waals surface area contributed by atoms with Crippen LogP contribution in [0.15, 0.2) is 71.8 Å². The van der Waals surface area contributed by atoms with Crippen molar-refractivity contribution in [3.63, 3.8) is 0 Å². The Labute approximate surface area is 198 Å². The van der Waals surface area contributed by atoms with Gasteiger partial charge in [-0.25, -0.2) is 10.2 Å². The van der Waals surface area contributed by atoms with Crippen molar-refractivity contribution in [2.45, 2.75) is 6.42 Å². The van der Waals surface area contributed by atoms with Gasteiger partial charge < -0.3 is 9.47 Å². The van der Waals surface area contributed by atoms with Gasteiger partial charge in [0.15, 0.2) is 0 Å². The number of nitro groups is 2. The van der Waals surface area contributed by atoms with Gasteiger partial charge in [0.2, 0.25) is 5.91 Å². The van der Waals surface area contributed by atoms with E-state index in [9.17, 15) is 29.8 Å². The molecule has 0 saturated carbocycles. The molecule has 0 heterocycles. The first-order valence-electron chi connectivity index (χ1n) is 9.96. The van der Waals surface area contributed by atoms with Crippen molar-refractivity contribution in [2.75, 3.05) is 7.11 Å². The van der Waals surface area contributed by atoms with Crippen molar-refractivity contribution in [1.29, 1.82) is 0 Å². The lowest BCUT2D eigenvalue weighted by molar-refractivity contribution is -0.394. The number of amides is 1. The van der Waals surface area contributed by atoms with Crippen LogP contribution in [0, 0.1) is 20.2 Å². The van der Waals surface area contributed by atoms with Crippen molar-refractivity contribution < 1.29 is 28.9 Å². The van der Waals surface area contributed by atoms with Gasteiger partial charge in [-0.2, -0.15) is 5.10 Å². The van der Waals surface area contributed by atoms with Gasteiger partial charge in [-0.05, 0) is 60.2 Å². The first-order chi connectivity index (χ1) is 16.8. The number of carbonyl (C=O) groups is 2. The van der Waals surface area contributed by atoms with E-state index in [1.54, 1.807) is 48.5 Å². The van der Waals surface area contributed by atoms with Crippen molar-refractivity contribution >= 4 is 29.5 Å². The van der Waals surface area contributed by atoms with Gasteiger partial charge in [0.1, 0.15) is 11.5 Å². The zero-order chi connectivity index (χ0) is 25.4. The number of hydrogen-bond acceptors (Lipinski definition) is 9. The fourth-order valence-corrected chi connectivity index (χ4v) is 2.89. The molecule has 0 aliphatic heterocycles. The Morgan fingerprint density at radius 3 is 2.20 bits per heavy atom. The van der Waals surface area contributed by atoms with Gasteiger partial charge in [-0.1, -0.05) is 0 Å². The predicted molar refractivity (Wildman–Crippen MR) is 124 cm³/mol. The van der Waals surface area contributed by atoms with Crippen LogP contribution in [0.25, 0.3) is 0 Å². The van der Waals surface area contributed by atoms with Gasteiger partial charge in [0, 0.05) is 11.6 Å². The number of nitrogens with one attached hydrogen (secondary N) is 1. The number of benzene rings is 3. The second kappa shape index (κ2) is 11.1. The van der Waals surface area contributed by atoms with Crippen LogP contribution in [0.3, 0.4) is 0 Å². The number of hydrogen-bond donors (Lipinski definition) is 1. The fourth-order valence-electron chi connectivity index (χ4n) is 2.89. The van der Waals surface area contributed by atoms with E-state index in [1.807, 2.05) is 0 Å². The number of hydrazone groups is 1. The molecule has 178 valence electrons. The highest BCUT2D eigenvalue weighted by atomic mass is 16.6. The van der Waals surface area contributed by atoms with Crippen LogP contribution in [-0.2, 0) is 11.2 Å². The van der Waals surface area contributed by atoms with Gasteiger partial charge in [-0.15, -0.1) is 0 Å². The Kier molecular flexibility index (Phi) is 7.80. The summed E-state index contributed by atoms with van der Waals surface area (Å²) in [5.41, 5.74) is 2.21. The molecule has 1 amide bonds. The Morgan fingerprint density at radius 1 is 0.943 bits per heavy atom. The van der Waals surface area contributed by atoms with Crippen LogP contribution in [0.2, 0.25) is 0 Å². The van der Waals surface area contributed by atoms with Crippen molar-refractivity contribution in [2.24, 2.45) is 5.10 Å². The zero-order valence-electron chi connectivity index (χ0n) is 18.2. The first kappa shape index (κ1) is 24.5. The number of methoxy groups -OCH3 is 1. The lowest BCUT2D eigenvalue weighted by Crippen LogP contribution is -2.20. The molecule has 3 aromatic carbocycles. The highest BCUT2D eigenvalue weighted by molar-refractivity contribution is 5.91. The molecule has 0 aromatic heterocycles. The Morgan fingerprint density at radius 2 is 1.60 bits per heavy atom. The normalized spacial score (nSPS) is 10.5. The smallest absolute Gasteiger partial charge is 0.343 e. The van der Waals surface area contributed by atoms with E-state index in [2.05, 4.69) is 10.5 Å². The summed E-state index contributed by atoms with van der Waals surface area (Å²) >= 11 is 0. The van der Waals surface area contributed by atoms with Crippen LogP contribution in [0.1, 0.15) is 21.5 Å². The Bertz CT molecular complexity index is 1290. The minimum Gasteiger partial charge on any atom is -0.497 e. The molecule has 1 N–H and O–H groups in total. The highest BCUT2D eigenvalue weighted by Gasteiger charge is 2.21. The molecule has 0 bridgehead atoms. The van der Waals surface area contributed by atoms with E-state index >= 15 is 0 Å². The van der Waals surface area contributed by atoms with Gasteiger partial charge >= 0.3 is 5.97 Å². The largest absolute Gasteiger partial charge is 0.497 e. The van der Waals surface area contributed by atoms with E-state index < -0.39 is 39.5 Å². The molecular weight excluding hydrogens is 460 g/mol. The number of nitrogens with zero attached hydrogens (tertiary/aromatic N) is 3. The molecule has 12 nitrogen and oxygen atoms in total. The number of ether oxygens (including phenoxy) is 2. The number of nitro benzene ring substituents is 2. The molecule has 0 unspecified atom stereocenters. The van der Waals surface area contributed by atoms with Crippen LogP contribution in [-0.4, -0.2) is 35.0 Å². The van der Waals surface area contributed by atoms with Crippen LogP contribution >= 0.6 is 0 Å². The third kappa shape index (κ3) is 6.68. The van der Waals surface area contributed by atoms with Gasteiger partial charge in [-0.3, -0.25) is 25.0 Å². The van der Waals surface area contributed by atoms with Crippen LogP contribution < -0.4 is 14.9 Å². The highest BCUT2D eigenvalue weighted by Crippen LogP contribution is 2.25. The molecule has 0 saturated heterocycles. The second-order valence-electron chi connectivity index (χ2n) is 6.98. The maximum atomic E-state index is 12.2. The zero-order valence-corrected chi connectivity index (χ0v) is 18.2. The molecule has 0 atom stereocenters. The molecule has 12 heteroatoms. The standard InChI is InChI=1S/C23H18N4O8/c1-34-19-10-5-16(6-11-19)23(29)35-20-8-2-15(3-9-20)14-24-25-22(28)12-17-4-7-18(26(30)31)13-21(17)27(32)33/h2-11,13-14H,12H2,1H3,(H,25,28). The van der Waals surface area contributed by atoms with E-state index in [1.165, 1.54) is 13.3 Å². The maximum absolute atomic E-state index is 12.2. The molecule has 3 rings (SSSR count). The Balaban J connectivity index is 1.56. The monoisotopic (exact) mass is 478 g/mol. The summed E-state index contributed by atoms with van der Waals surface area (Å²) in [5, 5.41) is 25.8. The van der Waals surface area contributed by atoms with E-state index in [0.717, 1.165) is 18.2 Å². The summed E-state index contributed by atoms with van der Waals surface area (Å²) in [4.78, 5) is 44.7. The predicted octanol–water partition coefficient (Wildman–Crippen LogP) is 3.42. The molecule has 0 radical (unpaired) electrons. The first-order valence-corrected chi connectivity index (χ1v) is 9.96.